The Morgan fingerprint density at radius 1 is 1.15 bits per heavy atom. The third kappa shape index (κ3) is 3.61. The normalized spacial score (nSPS) is 28.8. The van der Waals surface area contributed by atoms with Crippen LogP contribution in [0.1, 0.15) is 57.1 Å². The van der Waals surface area contributed by atoms with E-state index in [9.17, 15) is 4.79 Å². The zero-order chi connectivity index (χ0) is 22.5. The van der Waals surface area contributed by atoms with Gasteiger partial charge in [0, 0.05) is 28.9 Å². The molecule has 7 heteroatoms. The van der Waals surface area contributed by atoms with Gasteiger partial charge in [-0.15, -0.1) is 0 Å². The predicted octanol–water partition coefficient (Wildman–Crippen LogP) is 4.56. The Hall–Kier alpha value is -2.54. The van der Waals surface area contributed by atoms with Gasteiger partial charge in [-0.3, -0.25) is 9.58 Å². The van der Waals surface area contributed by atoms with Gasteiger partial charge in [-0.1, -0.05) is 0 Å². The summed E-state index contributed by atoms with van der Waals surface area (Å²) in [5, 5.41) is 8.32. The second kappa shape index (κ2) is 8.35. The molecule has 2 aliphatic carbocycles. The van der Waals surface area contributed by atoms with Gasteiger partial charge in [0.1, 0.15) is 5.75 Å². The first-order chi connectivity index (χ1) is 16.1. The second-order valence-electron chi connectivity index (χ2n) is 10.4. The van der Waals surface area contributed by atoms with Crippen LogP contribution < -0.4 is 15.0 Å². The standard InChI is InChI=1S/C26H34N4O3/c1-16-6-7-23-24(30(16)26(31)32-2)9-8-22(25(23)33-21-4-3-5-21)19-14-28-29(15-19)20-10-17-12-27-13-18(17)11-20/h8-9,14-18,20-21,27H,3-7,10-13H2,1-2H3. The van der Waals surface area contributed by atoms with Crippen LogP contribution in [0.5, 0.6) is 5.75 Å². The number of rotatable bonds is 4. The smallest absolute Gasteiger partial charge is 0.414 e. The lowest BCUT2D eigenvalue weighted by Crippen LogP contribution is -2.42. The van der Waals surface area contributed by atoms with Crippen molar-refractivity contribution in [2.45, 2.75) is 70.1 Å². The molecule has 1 saturated heterocycles. The molecule has 1 N–H and O–H groups in total. The van der Waals surface area contributed by atoms with E-state index in [1.54, 1.807) is 4.90 Å². The minimum absolute atomic E-state index is 0.103. The molecule has 4 aliphatic rings. The Labute approximate surface area is 195 Å². The number of fused-ring (bicyclic) bond motifs is 2. The van der Waals surface area contributed by atoms with Crippen molar-refractivity contribution >= 4 is 11.8 Å². The number of carbonyl (C=O) groups is 1. The van der Waals surface area contributed by atoms with Crippen LogP contribution in [-0.4, -0.2) is 48.2 Å². The Morgan fingerprint density at radius 2 is 1.94 bits per heavy atom. The van der Waals surface area contributed by atoms with Gasteiger partial charge in [0.2, 0.25) is 0 Å². The number of amides is 1. The molecule has 1 aromatic carbocycles. The van der Waals surface area contributed by atoms with Crippen LogP contribution >= 0.6 is 0 Å². The number of aromatic nitrogens is 2. The molecule has 0 spiro atoms. The van der Waals surface area contributed by atoms with E-state index in [2.05, 4.69) is 35.3 Å². The molecule has 0 radical (unpaired) electrons. The summed E-state index contributed by atoms with van der Waals surface area (Å²) >= 11 is 0. The lowest BCUT2D eigenvalue weighted by molar-refractivity contribution is 0.119. The Bertz CT molecular complexity index is 1030. The molecule has 6 rings (SSSR count). The number of carbonyl (C=O) groups excluding carboxylic acids is 1. The molecule has 33 heavy (non-hydrogen) atoms. The molecule has 176 valence electrons. The van der Waals surface area contributed by atoms with Gasteiger partial charge in [-0.05, 0) is 88.9 Å². The molecule has 0 bridgehead atoms. The topological polar surface area (TPSA) is 68.6 Å². The molecule has 1 aromatic heterocycles. The van der Waals surface area contributed by atoms with Crippen molar-refractivity contribution in [1.29, 1.82) is 0 Å². The van der Waals surface area contributed by atoms with E-state index in [4.69, 9.17) is 14.6 Å². The van der Waals surface area contributed by atoms with Crippen molar-refractivity contribution in [1.82, 2.24) is 15.1 Å². The van der Waals surface area contributed by atoms with Crippen molar-refractivity contribution in [3.63, 3.8) is 0 Å². The van der Waals surface area contributed by atoms with Crippen molar-refractivity contribution in [2.75, 3.05) is 25.1 Å². The molecule has 1 amide bonds. The van der Waals surface area contributed by atoms with E-state index in [0.717, 1.165) is 78.7 Å². The fourth-order valence-electron chi connectivity index (χ4n) is 6.23. The maximum atomic E-state index is 12.6. The maximum Gasteiger partial charge on any atom is 0.414 e. The summed E-state index contributed by atoms with van der Waals surface area (Å²) < 4.78 is 13.9. The Kier molecular flexibility index (Phi) is 5.32. The first-order valence-electron chi connectivity index (χ1n) is 12.6. The van der Waals surface area contributed by atoms with E-state index < -0.39 is 0 Å². The van der Waals surface area contributed by atoms with Gasteiger partial charge in [0.15, 0.2) is 0 Å². The molecule has 3 unspecified atom stereocenters. The van der Waals surface area contributed by atoms with Crippen LogP contribution in [0.25, 0.3) is 11.1 Å². The minimum Gasteiger partial charge on any atom is -0.489 e. The van der Waals surface area contributed by atoms with Crippen LogP contribution in [0.2, 0.25) is 0 Å². The fourth-order valence-corrected chi connectivity index (χ4v) is 6.23. The first kappa shape index (κ1) is 21.0. The van der Waals surface area contributed by atoms with Gasteiger partial charge < -0.3 is 14.8 Å². The third-order valence-electron chi connectivity index (χ3n) is 8.37. The summed E-state index contributed by atoms with van der Waals surface area (Å²) in [6.45, 7) is 4.37. The third-order valence-corrected chi connectivity index (χ3v) is 8.37. The van der Waals surface area contributed by atoms with Crippen LogP contribution in [-0.2, 0) is 11.2 Å². The van der Waals surface area contributed by atoms with Gasteiger partial charge in [0.05, 0.1) is 31.1 Å². The summed E-state index contributed by atoms with van der Waals surface area (Å²) in [7, 11) is 1.45. The zero-order valence-electron chi connectivity index (χ0n) is 19.6. The van der Waals surface area contributed by atoms with Crippen molar-refractivity contribution in [3.8, 4) is 16.9 Å². The number of nitrogens with one attached hydrogen (secondary N) is 1. The van der Waals surface area contributed by atoms with E-state index in [1.165, 1.54) is 26.4 Å². The lowest BCUT2D eigenvalue weighted by Gasteiger charge is -2.37. The number of hydrogen-bond donors (Lipinski definition) is 1. The molecular weight excluding hydrogens is 416 g/mol. The number of methoxy groups -OCH3 is 1. The van der Waals surface area contributed by atoms with Gasteiger partial charge in [-0.2, -0.15) is 5.10 Å². The van der Waals surface area contributed by atoms with E-state index >= 15 is 0 Å². The number of nitrogens with zero attached hydrogens (tertiary/aromatic N) is 3. The molecule has 3 heterocycles. The Balaban J connectivity index is 1.36. The number of hydrogen-bond acceptors (Lipinski definition) is 5. The maximum absolute atomic E-state index is 12.6. The molecule has 3 atom stereocenters. The number of benzene rings is 1. The van der Waals surface area contributed by atoms with E-state index in [1.807, 2.05) is 6.20 Å². The summed E-state index contributed by atoms with van der Waals surface area (Å²) in [5.41, 5.74) is 4.23. The van der Waals surface area contributed by atoms with E-state index in [-0.39, 0.29) is 18.2 Å². The van der Waals surface area contributed by atoms with Gasteiger partial charge in [0.25, 0.3) is 0 Å². The van der Waals surface area contributed by atoms with Crippen molar-refractivity contribution in [2.24, 2.45) is 11.8 Å². The molecule has 3 fully saturated rings. The van der Waals surface area contributed by atoms with Crippen molar-refractivity contribution < 1.29 is 14.3 Å². The lowest BCUT2D eigenvalue weighted by atomic mass is 9.91. The SMILES string of the molecule is COC(=O)N1c2ccc(-c3cnn(C4CC5CNCC5C4)c3)c(OC3CCC3)c2CCC1C. The highest BCUT2D eigenvalue weighted by atomic mass is 16.5. The molecule has 2 aromatic rings. The highest BCUT2D eigenvalue weighted by molar-refractivity contribution is 5.92. The summed E-state index contributed by atoms with van der Waals surface area (Å²) in [4.78, 5) is 14.4. The highest BCUT2D eigenvalue weighted by Crippen LogP contribution is 2.46. The van der Waals surface area contributed by atoms with Gasteiger partial charge >= 0.3 is 6.09 Å². The fraction of sp³-hybridized carbons (Fsp3) is 0.615. The molecule has 7 nitrogen and oxygen atoms in total. The van der Waals surface area contributed by atoms with Crippen LogP contribution in [0.15, 0.2) is 24.5 Å². The summed E-state index contributed by atoms with van der Waals surface area (Å²) in [6.07, 6.45) is 11.8. The van der Waals surface area contributed by atoms with Gasteiger partial charge in [-0.25, -0.2) is 4.79 Å². The quantitative estimate of drug-likeness (QED) is 0.740. The largest absolute Gasteiger partial charge is 0.489 e. The van der Waals surface area contributed by atoms with E-state index in [0.29, 0.717) is 6.04 Å². The summed E-state index contributed by atoms with van der Waals surface area (Å²) in [6, 6.07) is 4.76. The van der Waals surface area contributed by atoms with Crippen molar-refractivity contribution in [3.05, 3.63) is 30.1 Å². The Morgan fingerprint density at radius 3 is 2.64 bits per heavy atom. The van der Waals surface area contributed by atoms with Crippen LogP contribution in [0, 0.1) is 11.8 Å². The molecular formula is C26H34N4O3. The number of anilines is 1. The predicted molar refractivity (Wildman–Crippen MR) is 127 cm³/mol. The average Bonchev–Trinajstić information content (AvgIpc) is 3.51. The van der Waals surface area contributed by atoms with Crippen LogP contribution in [0.4, 0.5) is 10.5 Å². The second-order valence-corrected chi connectivity index (χ2v) is 10.4. The monoisotopic (exact) mass is 450 g/mol. The zero-order valence-corrected chi connectivity index (χ0v) is 19.6. The highest BCUT2D eigenvalue weighted by Gasteiger charge is 2.39. The van der Waals surface area contributed by atoms with Crippen LogP contribution in [0.3, 0.4) is 0 Å². The number of ether oxygens (including phenoxy) is 2. The minimum atomic E-state index is -0.306. The molecule has 2 saturated carbocycles. The summed E-state index contributed by atoms with van der Waals surface area (Å²) in [5.74, 6) is 2.51. The molecule has 2 aliphatic heterocycles. The first-order valence-corrected chi connectivity index (χ1v) is 12.6. The average molecular weight is 451 g/mol.